The number of nitrogens with one attached hydrogen (secondary N) is 3. The fourth-order valence-corrected chi connectivity index (χ4v) is 2.51. The zero-order valence-corrected chi connectivity index (χ0v) is 16.4. The maximum absolute atomic E-state index is 11.9. The number of rotatable bonds is 5. The molecule has 0 atom stereocenters. The molecule has 2 rings (SSSR count). The van der Waals surface area contributed by atoms with Gasteiger partial charge in [0.1, 0.15) is 5.75 Å². The minimum absolute atomic E-state index is 0.194. The molecule has 2 aromatic rings. The Hall–Kier alpha value is -2.60. The summed E-state index contributed by atoms with van der Waals surface area (Å²) < 4.78 is 5.68. The lowest BCUT2D eigenvalue weighted by Gasteiger charge is -2.14. The van der Waals surface area contributed by atoms with Crippen molar-refractivity contribution in [3.8, 4) is 5.75 Å². The van der Waals surface area contributed by atoms with Gasteiger partial charge in [0, 0.05) is 5.69 Å². The topological polar surface area (TPSA) is 62.4 Å². The van der Waals surface area contributed by atoms with Crippen molar-refractivity contribution in [1.29, 1.82) is 0 Å². The third-order valence-corrected chi connectivity index (χ3v) is 4.30. The van der Waals surface area contributed by atoms with Crippen molar-refractivity contribution in [3.05, 3.63) is 58.7 Å². The van der Waals surface area contributed by atoms with E-state index < -0.39 is 0 Å². The molecule has 0 bridgehead atoms. The van der Waals surface area contributed by atoms with Crippen molar-refractivity contribution in [2.45, 2.75) is 34.1 Å². The molecule has 0 radical (unpaired) electrons. The standard InChI is InChI=1S/C20H25N3O2S/c1-13-8-9-15(3)18(12-13)25-11-10-19(24)22-23-20(26)21-17-7-5-6-14(2)16(17)4/h5-9,12H,10-11H2,1-4H3,(H,22,24)(H2,21,23,26). The molecule has 0 spiro atoms. The number of amides is 1. The second-order valence-electron chi connectivity index (χ2n) is 6.24. The third kappa shape index (κ3) is 5.74. The number of hydrogen-bond donors (Lipinski definition) is 3. The monoisotopic (exact) mass is 371 g/mol. The van der Waals surface area contributed by atoms with Crippen LogP contribution in [0.15, 0.2) is 36.4 Å². The van der Waals surface area contributed by atoms with Crippen molar-refractivity contribution in [2.24, 2.45) is 0 Å². The van der Waals surface area contributed by atoms with Crippen LogP contribution in [-0.4, -0.2) is 17.6 Å². The fraction of sp³-hybridized carbons (Fsp3) is 0.300. The number of hydrogen-bond acceptors (Lipinski definition) is 3. The SMILES string of the molecule is Cc1ccc(C)c(OCCC(=O)NNC(=S)Nc2cccc(C)c2C)c1. The van der Waals surface area contributed by atoms with E-state index in [1.807, 2.05) is 64.1 Å². The van der Waals surface area contributed by atoms with Gasteiger partial charge in [-0.2, -0.15) is 0 Å². The first-order chi connectivity index (χ1) is 12.4. The lowest BCUT2D eigenvalue weighted by atomic mass is 10.1. The van der Waals surface area contributed by atoms with E-state index in [1.54, 1.807) is 0 Å². The van der Waals surface area contributed by atoms with Crippen LogP contribution in [0.3, 0.4) is 0 Å². The average Bonchev–Trinajstić information content (AvgIpc) is 2.60. The summed E-state index contributed by atoms with van der Waals surface area (Å²) in [6.45, 7) is 8.34. The summed E-state index contributed by atoms with van der Waals surface area (Å²) in [7, 11) is 0. The largest absolute Gasteiger partial charge is 0.493 e. The predicted molar refractivity (Wildman–Crippen MR) is 109 cm³/mol. The van der Waals surface area contributed by atoms with E-state index in [2.05, 4.69) is 16.2 Å². The summed E-state index contributed by atoms with van der Waals surface area (Å²) in [5, 5.41) is 3.41. The molecular formula is C20H25N3O2S. The predicted octanol–water partition coefficient (Wildman–Crippen LogP) is 3.71. The molecule has 2 aromatic carbocycles. The van der Waals surface area contributed by atoms with E-state index in [4.69, 9.17) is 17.0 Å². The molecule has 0 saturated heterocycles. The maximum atomic E-state index is 11.9. The molecule has 26 heavy (non-hydrogen) atoms. The highest BCUT2D eigenvalue weighted by atomic mass is 32.1. The van der Waals surface area contributed by atoms with Crippen LogP contribution in [0.25, 0.3) is 0 Å². The Morgan fingerprint density at radius 3 is 2.58 bits per heavy atom. The number of aryl methyl sites for hydroxylation is 3. The summed E-state index contributed by atoms with van der Waals surface area (Å²) in [6, 6.07) is 11.9. The van der Waals surface area contributed by atoms with Gasteiger partial charge in [0.25, 0.3) is 0 Å². The molecule has 0 fully saturated rings. The molecule has 0 aliphatic rings. The molecule has 138 valence electrons. The molecule has 1 amide bonds. The van der Waals surface area contributed by atoms with Gasteiger partial charge < -0.3 is 10.1 Å². The molecule has 0 aromatic heterocycles. The highest BCUT2D eigenvalue weighted by molar-refractivity contribution is 7.80. The van der Waals surface area contributed by atoms with Crippen LogP contribution >= 0.6 is 12.2 Å². The van der Waals surface area contributed by atoms with Gasteiger partial charge in [0.15, 0.2) is 5.11 Å². The van der Waals surface area contributed by atoms with E-state index in [-0.39, 0.29) is 12.3 Å². The van der Waals surface area contributed by atoms with E-state index >= 15 is 0 Å². The molecule has 0 unspecified atom stereocenters. The lowest BCUT2D eigenvalue weighted by molar-refractivity contribution is -0.122. The smallest absolute Gasteiger partial charge is 0.241 e. The van der Waals surface area contributed by atoms with Gasteiger partial charge >= 0.3 is 0 Å². The fourth-order valence-electron chi connectivity index (χ4n) is 2.35. The molecule has 0 saturated carbocycles. The quantitative estimate of drug-likeness (QED) is 0.552. The van der Waals surface area contributed by atoms with Gasteiger partial charge in [0.2, 0.25) is 5.91 Å². The number of benzene rings is 2. The summed E-state index contributed by atoms with van der Waals surface area (Å²) in [6.07, 6.45) is 0.229. The van der Waals surface area contributed by atoms with Crippen LogP contribution in [0.2, 0.25) is 0 Å². The van der Waals surface area contributed by atoms with Crippen LogP contribution in [0.1, 0.15) is 28.7 Å². The van der Waals surface area contributed by atoms with E-state index in [1.165, 1.54) is 5.56 Å². The summed E-state index contributed by atoms with van der Waals surface area (Å²) in [5.74, 6) is 0.610. The summed E-state index contributed by atoms with van der Waals surface area (Å²) >= 11 is 5.21. The molecule has 0 aliphatic heterocycles. The van der Waals surface area contributed by atoms with Crippen molar-refractivity contribution < 1.29 is 9.53 Å². The highest BCUT2D eigenvalue weighted by Gasteiger charge is 2.06. The average molecular weight is 372 g/mol. The van der Waals surface area contributed by atoms with Crippen LogP contribution in [-0.2, 0) is 4.79 Å². The van der Waals surface area contributed by atoms with Gasteiger partial charge in [-0.1, -0.05) is 24.3 Å². The molecule has 0 aliphatic carbocycles. The van der Waals surface area contributed by atoms with Gasteiger partial charge in [0.05, 0.1) is 13.0 Å². The molecule has 0 heterocycles. The number of carbonyl (C=O) groups excluding carboxylic acids is 1. The van der Waals surface area contributed by atoms with E-state index in [0.717, 1.165) is 28.1 Å². The van der Waals surface area contributed by atoms with Gasteiger partial charge in [-0.15, -0.1) is 0 Å². The molecule has 6 heteroatoms. The maximum Gasteiger partial charge on any atom is 0.241 e. The van der Waals surface area contributed by atoms with Gasteiger partial charge in [-0.3, -0.25) is 15.6 Å². The number of hydrazine groups is 1. The second kappa shape index (κ2) is 9.20. The van der Waals surface area contributed by atoms with Crippen LogP contribution in [0, 0.1) is 27.7 Å². The van der Waals surface area contributed by atoms with Gasteiger partial charge in [-0.05, 0) is 74.3 Å². The van der Waals surface area contributed by atoms with Crippen LogP contribution < -0.4 is 20.9 Å². The van der Waals surface area contributed by atoms with E-state index in [9.17, 15) is 4.79 Å². The normalized spacial score (nSPS) is 10.2. The Morgan fingerprint density at radius 2 is 1.81 bits per heavy atom. The Bertz CT molecular complexity index is 806. The van der Waals surface area contributed by atoms with Gasteiger partial charge in [-0.25, -0.2) is 0 Å². The zero-order chi connectivity index (χ0) is 19.1. The molecule has 5 nitrogen and oxygen atoms in total. The molecule has 3 N–H and O–H groups in total. The van der Waals surface area contributed by atoms with Crippen molar-refractivity contribution >= 4 is 28.9 Å². The molecular weight excluding hydrogens is 346 g/mol. The summed E-state index contributed by atoms with van der Waals surface area (Å²) in [5.41, 5.74) is 10.7. The first-order valence-electron chi connectivity index (χ1n) is 8.49. The van der Waals surface area contributed by atoms with E-state index in [0.29, 0.717) is 11.7 Å². The van der Waals surface area contributed by atoms with Crippen molar-refractivity contribution in [2.75, 3.05) is 11.9 Å². The van der Waals surface area contributed by atoms with Crippen LogP contribution in [0.5, 0.6) is 5.75 Å². The number of ether oxygens (including phenoxy) is 1. The highest BCUT2D eigenvalue weighted by Crippen LogP contribution is 2.19. The Kier molecular flexibility index (Phi) is 6.97. The second-order valence-corrected chi connectivity index (χ2v) is 6.65. The van der Waals surface area contributed by atoms with Crippen molar-refractivity contribution in [3.63, 3.8) is 0 Å². The number of thiocarbonyl (C=S) groups is 1. The number of anilines is 1. The van der Waals surface area contributed by atoms with Crippen LogP contribution in [0.4, 0.5) is 5.69 Å². The Balaban J connectivity index is 1.73. The third-order valence-electron chi connectivity index (χ3n) is 4.10. The minimum atomic E-state index is -0.194. The summed E-state index contributed by atoms with van der Waals surface area (Å²) in [4.78, 5) is 11.9. The minimum Gasteiger partial charge on any atom is -0.493 e. The first-order valence-corrected chi connectivity index (χ1v) is 8.89. The lowest BCUT2D eigenvalue weighted by Crippen LogP contribution is -2.44. The Labute approximate surface area is 160 Å². The van der Waals surface area contributed by atoms with Crippen molar-refractivity contribution in [1.82, 2.24) is 10.9 Å². The Morgan fingerprint density at radius 1 is 1.04 bits per heavy atom. The zero-order valence-electron chi connectivity index (χ0n) is 15.6. The first kappa shape index (κ1) is 19.7. The number of carbonyl (C=O) groups is 1.